The standard InChI is InChI=1S/C32H35N5O5/c1-34-27(38)13-12-25(28(34)22-6-4-3-5-7-22)30(39)35-18-15-32(41,16-19-35)20-36-21-33-29-26(31(36)40)14-17-37(29)23-8-10-24(42-2)11-9-23/h3-11,14,17,21,25,28,41H,12-13,15-16,18-20H2,1-2H3/t25-,28+/m1/s1. The summed E-state index contributed by atoms with van der Waals surface area (Å²) < 4.78 is 8.54. The van der Waals surface area contributed by atoms with Gasteiger partial charge in [-0.05, 0) is 55.2 Å². The molecule has 2 amide bonds. The van der Waals surface area contributed by atoms with Gasteiger partial charge in [-0.1, -0.05) is 30.3 Å². The number of piperidine rings is 2. The summed E-state index contributed by atoms with van der Waals surface area (Å²) in [6, 6.07) is 18.6. The maximum atomic E-state index is 13.7. The molecule has 10 heteroatoms. The van der Waals surface area contributed by atoms with E-state index in [1.807, 2.05) is 65.4 Å². The minimum Gasteiger partial charge on any atom is -0.497 e. The van der Waals surface area contributed by atoms with E-state index in [2.05, 4.69) is 4.98 Å². The summed E-state index contributed by atoms with van der Waals surface area (Å²) in [7, 11) is 3.38. The van der Waals surface area contributed by atoms with Gasteiger partial charge in [-0.2, -0.15) is 0 Å². The number of aliphatic hydroxyl groups is 1. The van der Waals surface area contributed by atoms with E-state index < -0.39 is 5.60 Å². The summed E-state index contributed by atoms with van der Waals surface area (Å²) in [6.45, 7) is 0.852. The van der Waals surface area contributed by atoms with E-state index in [1.54, 1.807) is 30.0 Å². The summed E-state index contributed by atoms with van der Waals surface area (Å²) in [5.41, 5.74) is 0.974. The van der Waals surface area contributed by atoms with Crippen LogP contribution in [0.3, 0.4) is 0 Å². The molecular weight excluding hydrogens is 534 g/mol. The van der Waals surface area contributed by atoms with E-state index in [-0.39, 0.29) is 35.9 Å². The van der Waals surface area contributed by atoms with Crippen molar-refractivity contribution < 1.29 is 19.4 Å². The molecular formula is C32H35N5O5. The molecule has 2 saturated heterocycles. The van der Waals surface area contributed by atoms with Gasteiger partial charge in [0.25, 0.3) is 5.56 Å². The molecule has 1 N–H and O–H groups in total. The van der Waals surface area contributed by atoms with Crippen LogP contribution in [-0.2, 0) is 16.1 Å². The highest BCUT2D eigenvalue weighted by Crippen LogP contribution is 2.38. The largest absolute Gasteiger partial charge is 0.497 e. The first-order valence-electron chi connectivity index (χ1n) is 14.3. The number of hydrogen-bond acceptors (Lipinski definition) is 6. The molecule has 6 rings (SSSR count). The smallest absolute Gasteiger partial charge is 0.262 e. The Morgan fingerprint density at radius 2 is 1.76 bits per heavy atom. The minimum absolute atomic E-state index is 0.00498. The van der Waals surface area contributed by atoms with E-state index in [1.165, 1.54) is 10.9 Å². The molecule has 0 radical (unpaired) electrons. The number of benzene rings is 2. The van der Waals surface area contributed by atoms with Crippen molar-refractivity contribution in [2.45, 2.75) is 43.9 Å². The van der Waals surface area contributed by atoms with Gasteiger partial charge in [-0.25, -0.2) is 4.98 Å². The van der Waals surface area contributed by atoms with Crippen LogP contribution in [0.2, 0.25) is 0 Å². The average Bonchev–Trinajstić information content (AvgIpc) is 3.45. The van der Waals surface area contributed by atoms with Crippen LogP contribution in [0, 0.1) is 5.92 Å². The van der Waals surface area contributed by atoms with Gasteiger partial charge in [0.15, 0.2) is 5.65 Å². The van der Waals surface area contributed by atoms with Crippen molar-refractivity contribution >= 4 is 22.8 Å². The number of carbonyl (C=O) groups excluding carboxylic acids is 2. The van der Waals surface area contributed by atoms with Crippen LogP contribution in [0.15, 0.2) is 78.0 Å². The van der Waals surface area contributed by atoms with Gasteiger partial charge in [0, 0.05) is 38.4 Å². The number of aromatic nitrogens is 3. The van der Waals surface area contributed by atoms with Crippen molar-refractivity contribution in [3.8, 4) is 11.4 Å². The maximum absolute atomic E-state index is 13.7. The number of amides is 2. The Balaban J connectivity index is 1.15. The molecule has 0 aliphatic carbocycles. The van der Waals surface area contributed by atoms with Crippen molar-refractivity contribution in [2.24, 2.45) is 5.92 Å². The Kier molecular flexibility index (Phi) is 7.32. The van der Waals surface area contributed by atoms with Gasteiger partial charge in [-0.3, -0.25) is 19.0 Å². The number of rotatable bonds is 6. The number of likely N-dealkylation sites (tertiary alicyclic amines) is 2. The summed E-state index contributed by atoms with van der Waals surface area (Å²) in [6.07, 6.45) is 4.82. The molecule has 218 valence electrons. The molecule has 0 bridgehead atoms. The molecule has 2 fully saturated rings. The summed E-state index contributed by atoms with van der Waals surface area (Å²) in [5.74, 6) is 0.440. The zero-order chi connectivity index (χ0) is 29.4. The van der Waals surface area contributed by atoms with Crippen LogP contribution in [0.4, 0.5) is 0 Å². The van der Waals surface area contributed by atoms with Crippen LogP contribution < -0.4 is 10.3 Å². The third-order valence-corrected chi connectivity index (χ3v) is 8.81. The topological polar surface area (TPSA) is 110 Å². The normalized spacial score (nSPS) is 20.6. The molecule has 2 aromatic heterocycles. The number of ether oxygens (including phenoxy) is 1. The Bertz CT molecular complexity index is 1650. The molecule has 2 aliphatic rings. The van der Waals surface area contributed by atoms with Crippen molar-refractivity contribution in [3.63, 3.8) is 0 Å². The van der Waals surface area contributed by atoms with Gasteiger partial charge < -0.3 is 24.2 Å². The van der Waals surface area contributed by atoms with Crippen LogP contribution in [0.5, 0.6) is 5.75 Å². The first-order chi connectivity index (χ1) is 20.3. The first kappa shape index (κ1) is 27.7. The molecule has 10 nitrogen and oxygen atoms in total. The third kappa shape index (κ3) is 5.07. The number of methoxy groups -OCH3 is 1. The lowest BCUT2D eigenvalue weighted by Crippen LogP contribution is -2.53. The average molecular weight is 570 g/mol. The van der Waals surface area contributed by atoms with E-state index in [4.69, 9.17) is 4.74 Å². The second kappa shape index (κ2) is 11.1. The number of carbonyl (C=O) groups is 2. The lowest BCUT2D eigenvalue weighted by molar-refractivity contribution is -0.149. The van der Waals surface area contributed by atoms with Crippen molar-refractivity contribution in [2.75, 3.05) is 27.2 Å². The summed E-state index contributed by atoms with van der Waals surface area (Å²) in [4.78, 5) is 47.7. The van der Waals surface area contributed by atoms with Gasteiger partial charge >= 0.3 is 0 Å². The Hall–Kier alpha value is -4.44. The predicted octanol–water partition coefficient (Wildman–Crippen LogP) is 3.16. The molecule has 0 unspecified atom stereocenters. The van der Waals surface area contributed by atoms with Gasteiger partial charge in [0.05, 0.1) is 36.6 Å². The quantitative estimate of drug-likeness (QED) is 0.382. The Morgan fingerprint density at radius 3 is 2.45 bits per heavy atom. The zero-order valence-electron chi connectivity index (χ0n) is 23.8. The SMILES string of the molecule is COc1ccc(-n2ccc3c(=O)n(CC4(O)CCN(C(=O)[C@@H]5CCC(=O)N(C)[C@H]5c5ccccc5)CC4)cnc32)cc1. The maximum Gasteiger partial charge on any atom is 0.262 e. The fourth-order valence-corrected chi connectivity index (χ4v) is 6.37. The van der Waals surface area contributed by atoms with Crippen molar-refractivity contribution in [1.29, 1.82) is 0 Å². The molecule has 0 saturated carbocycles. The second-order valence-corrected chi connectivity index (χ2v) is 11.4. The molecule has 0 spiro atoms. The minimum atomic E-state index is -1.15. The van der Waals surface area contributed by atoms with Crippen molar-refractivity contribution in [3.05, 3.63) is 89.1 Å². The molecule has 4 aromatic rings. The molecule has 2 atom stereocenters. The first-order valence-corrected chi connectivity index (χ1v) is 14.3. The predicted molar refractivity (Wildman–Crippen MR) is 157 cm³/mol. The Morgan fingerprint density at radius 1 is 1.05 bits per heavy atom. The monoisotopic (exact) mass is 569 g/mol. The van der Waals surface area contributed by atoms with Gasteiger partial charge in [0.1, 0.15) is 12.1 Å². The number of fused-ring (bicyclic) bond motifs is 1. The van der Waals surface area contributed by atoms with Crippen LogP contribution in [0.1, 0.15) is 37.3 Å². The highest BCUT2D eigenvalue weighted by atomic mass is 16.5. The lowest BCUT2D eigenvalue weighted by atomic mass is 9.82. The fourth-order valence-electron chi connectivity index (χ4n) is 6.37. The Labute approximate surface area is 243 Å². The second-order valence-electron chi connectivity index (χ2n) is 11.4. The third-order valence-electron chi connectivity index (χ3n) is 8.81. The van der Waals surface area contributed by atoms with E-state index in [0.29, 0.717) is 49.8 Å². The van der Waals surface area contributed by atoms with E-state index >= 15 is 0 Å². The number of hydrogen-bond donors (Lipinski definition) is 1. The number of nitrogens with zero attached hydrogens (tertiary/aromatic N) is 5. The zero-order valence-corrected chi connectivity index (χ0v) is 23.8. The molecule has 42 heavy (non-hydrogen) atoms. The molecule has 4 heterocycles. The van der Waals surface area contributed by atoms with Crippen LogP contribution in [-0.4, -0.2) is 73.7 Å². The van der Waals surface area contributed by atoms with Gasteiger partial charge in [-0.15, -0.1) is 0 Å². The molecule has 2 aliphatic heterocycles. The van der Waals surface area contributed by atoms with E-state index in [0.717, 1.165) is 17.0 Å². The highest BCUT2D eigenvalue weighted by Gasteiger charge is 2.43. The molecule has 2 aromatic carbocycles. The van der Waals surface area contributed by atoms with Crippen LogP contribution in [0.25, 0.3) is 16.7 Å². The lowest BCUT2D eigenvalue weighted by Gasteiger charge is -2.43. The van der Waals surface area contributed by atoms with E-state index in [9.17, 15) is 19.5 Å². The van der Waals surface area contributed by atoms with Gasteiger partial charge in [0.2, 0.25) is 11.8 Å². The van der Waals surface area contributed by atoms with Crippen LogP contribution >= 0.6 is 0 Å². The fraction of sp³-hybridized carbons (Fsp3) is 0.375. The highest BCUT2D eigenvalue weighted by molar-refractivity contribution is 5.85. The summed E-state index contributed by atoms with van der Waals surface area (Å²) in [5, 5.41) is 11.9. The summed E-state index contributed by atoms with van der Waals surface area (Å²) >= 11 is 0. The van der Waals surface area contributed by atoms with Crippen molar-refractivity contribution in [1.82, 2.24) is 23.9 Å².